The van der Waals surface area contributed by atoms with Crippen molar-refractivity contribution in [2.75, 3.05) is 26.4 Å². The molecule has 0 spiro atoms. The van der Waals surface area contributed by atoms with Crippen LogP contribution < -0.4 is 5.73 Å². The molecule has 0 unspecified atom stereocenters. The van der Waals surface area contributed by atoms with Crippen molar-refractivity contribution in [3.05, 3.63) is 0 Å². The zero-order chi connectivity index (χ0) is 19.2. The van der Waals surface area contributed by atoms with Crippen LogP contribution in [0.25, 0.3) is 0 Å². The molecule has 0 aromatic heterocycles. The quantitative estimate of drug-likeness (QED) is 0.254. The molecule has 0 aromatic carbocycles. The van der Waals surface area contributed by atoms with Gasteiger partial charge in [-0.1, -0.05) is 65.2 Å². The van der Waals surface area contributed by atoms with Gasteiger partial charge in [-0.3, -0.25) is 0 Å². The van der Waals surface area contributed by atoms with Crippen LogP contribution in [0.15, 0.2) is 0 Å². The molecule has 4 nitrogen and oxygen atoms in total. The minimum atomic E-state index is -0.804. The molecule has 0 saturated carbocycles. The summed E-state index contributed by atoms with van der Waals surface area (Å²) in [6.45, 7) is 13.1. The Bertz CT molecular complexity index is 216. The summed E-state index contributed by atoms with van der Waals surface area (Å²) < 4.78 is 17.1. The maximum absolute atomic E-state index is 5.71. The Morgan fingerprint density at radius 1 is 0.560 bits per heavy atom. The van der Waals surface area contributed by atoms with Crippen molar-refractivity contribution in [2.45, 2.75) is 111 Å². The Balaban J connectivity index is 0. The van der Waals surface area contributed by atoms with Crippen LogP contribution >= 0.6 is 0 Å². The van der Waals surface area contributed by atoms with Crippen molar-refractivity contribution in [3.8, 4) is 0 Å². The van der Waals surface area contributed by atoms with Crippen molar-refractivity contribution in [1.29, 1.82) is 0 Å². The van der Waals surface area contributed by atoms with E-state index >= 15 is 0 Å². The second kappa shape index (κ2) is 21.9. The molecule has 4 heteroatoms. The van der Waals surface area contributed by atoms with E-state index in [9.17, 15) is 0 Å². The Morgan fingerprint density at radius 3 is 1.32 bits per heavy atom. The van der Waals surface area contributed by atoms with E-state index in [2.05, 4.69) is 13.8 Å². The molecule has 2 N–H and O–H groups in total. The summed E-state index contributed by atoms with van der Waals surface area (Å²) in [4.78, 5) is 0. The van der Waals surface area contributed by atoms with Crippen LogP contribution in [0.4, 0.5) is 0 Å². The first-order valence-corrected chi connectivity index (χ1v) is 10.8. The Morgan fingerprint density at radius 2 is 0.960 bits per heavy atom. The van der Waals surface area contributed by atoms with Gasteiger partial charge in [0.25, 0.3) is 5.97 Å². The van der Waals surface area contributed by atoms with Crippen LogP contribution in [0.1, 0.15) is 105 Å². The fraction of sp³-hybridized carbons (Fsp3) is 1.00. The van der Waals surface area contributed by atoms with Gasteiger partial charge in [0.15, 0.2) is 0 Å². The van der Waals surface area contributed by atoms with Gasteiger partial charge in [0.1, 0.15) is 0 Å². The van der Waals surface area contributed by atoms with Gasteiger partial charge < -0.3 is 19.9 Å². The van der Waals surface area contributed by atoms with Crippen LogP contribution in [-0.4, -0.2) is 32.3 Å². The fourth-order valence-electron chi connectivity index (χ4n) is 2.69. The Kier molecular flexibility index (Phi) is 23.7. The van der Waals surface area contributed by atoms with Gasteiger partial charge in [0.2, 0.25) is 0 Å². The van der Waals surface area contributed by atoms with Crippen LogP contribution in [0.3, 0.4) is 0 Å². The number of hydrogen-bond donors (Lipinski definition) is 1. The second-order valence-electron chi connectivity index (χ2n) is 6.35. The van der Waals surface area contributed by atoms with Crippen molar-refractivity contribution in [3.63, 3.8) is 0 Å². The lowest BCUT2D eigenvalue weighted by atomic mass is 10.1. The summed E-state index contributed by atoms with van der Waals surface area (Å²) in [6.07, 6.45) is 13.6. The van der Waals surface area contributed by atoms with Crippen LogP contribution in [0.2, 0.25) is 0 Å². The first kappa shape index (κ1) is 27.1. The number of hydrogen-bond acceptors (Lipinski definition) is 4. The fourth-order valence-corrected chi connectivity index (χ4v) is 2.69. The van der Waals surface area contributed by atoms with Gasteiger partial charge >= 0.3 is 0 Å². The lowest BCUT2D eigenvalue weighted by molar-refractivity contribution is -0.380. The highest BCUT2D eigenvalue weighted by Gasteiger charge is 2.31. The third kappa shape index (κ3) is 18.4. The number of nitrogens with two attached hydrogens (primary N) is 1. The molecule has 154 valence electrons. The first-order valence-electron chi connectivity index (χ1n) is 10.8. The summed E-state index contributed by atoms with van der Waals surface area (Å²) in [5.41, 5.74) is 5.21. The molecular formula is C21H47NO3. The van der Waals surface area contributed by atoms with Crippen LogP contribution in [-0.2, 0) is 14.2 Å². The highest BCUT2D eigenvalue weighted by molar-refractivity contribution is 4.59. The van der Waals surface area contributed by atoms with Gasteiger partial charge in [-0.15, -0.1) is 0 Å². The Hall–Kier alpha value is -0.160. The van der Waals surface area contributed by atoms with E-state index in [1.165, 1.54) is 57.8 Å². The summed E-state index contributed by atoms with van der Waals surface area (Å²) in [6, 6.07) is 0. The highest BCUT2D eigenvalue weighted by Crippen LogP contribution is 2.24. The molecule has 0 fully saturated rings. The predicted molar refractivity (Wildman–Crippen MR) is 109 cm³/mol. The molecule has 0 bridgehead atoms. The molecule has 0 saturated heterocycles. The lowest BCUT2D eigenvalue weighted by Gasteiger charge is -2.32. The maximum atomic E-state index is 5.71. The van der Waals surface area contributed by atoms with Crippen molar-refractivity contribution >= 4 is 0 Å². The minimum absolute atomic E-state index is 0.622. The SMILES string of the molecule is CCCCCCCCCC(OCC)(OCC)OCC.CCCCCN. The van der Waals surface area contributed by atoms with E-state index in [1.54, 1.807) is 0 Å². The molecule has 0 aliphatic rings. The zero-order valence-electron chi connectivity index (χ0n) is 17.9. The first-order chi connectivity index (χ1) is 12.2. The second-order valence-corrected chi connectivity index (χ2v) is 6.35. The van der Waals surface area contributed by atoms with Crippen molar-refractivity contribution < 1.29 is 14.2 Å². The van der Waals surface area contributed by atoms with Crippen LogP contribution in [0, 0.1) is 0 Å². The van der Waals surface area contributed by atoms with E-state index in [0.29, 0.717) is 19.8 Å². The predicted octanol–water partition coefficient (Wildman–Crippen LogP) is 6.03. The molecule has 0 aromatic rings. The molecule has 0 heterocycles. The molecule has 0 atom stereocenters. The smallest absolute Gasteiger partial charge is 0.282 e. The Labute approximate surface area is 158 Å². The minimum Gasteiger partial charge on any atom is -0.330 e. The summed E-state index contributed by atoms with van der Waals surface area (Å²) >= 11 is 0. The van der Waals surface area contributed by atoms with Gasteiger partial charge in [0.05, 0.1) is 0 Å². The van der Waals surface area contributed by atoms with Gasteiger partial charge in [-0.05, 0) is 40.2 Å². The third-order valence-corrected chi connectivity index (χ3v) is 3.99. The molecule has 25 heavy (non-hydrogen) atoms. The molecule has 0 amide bonds. The lowest BCUT2D eigenvalue weighted by Crippen LogP contribution is -2.39. The number of ether oxygens (including phenoxy) is 3. The van der Waals surface area contributed by atoms with Gasteiger partial charge in [-0.2, -0.15) is 0 Å². The largest absolute Gasteiger partial charge is 0.330 e. The standard InChI is InChI=1S/C16H34O3.C5H13N/c1-5-9-10-11-12-13-14-15-16(17-6-2,18-7-3)19-8-4;1-2-3-4-5-6/h5-15H2,1-4H3;2-6H2,1H3. The van der Waals surface area contributed by atoms with E-state index in [0.717, 1.165) is 19.4 Å². The monoisotopic (exact) mass is 361 g/mol. The normalized spacial score (nSPS) is 11.3. The average molecular weight is 362 g/mol. The van der Waals surface area contributed by atoms with Crippen LogP contribution in [0.5, 0.6) is 0 Å². The molecular weight excluding hydrogens is 314 g/mol. The number of unbranched alkanes of at least 4 members (excludes halogenated alkanes) is 8. The summed E-state index contributed by atoms with van der Waals surface area (Å²) in [7, 11) is 0. The summed E-state index contributed by atoms with van der Waals surface area (Å²) in [5, 5.41) is 0. The van der Waals surface area contributed by atoms with Crippen molar-refractivity contribution in [2.24, 2.45) is 5.73 Å². The molecule has 0 radical (unpaired) electrons. The number of rotatable bonds is 17. The molecule has 0 aliphatic carbocycles. The van der Waals surface area contributed by atoms with E-state index in [4.69, 9.17) is 19.9 Å². The van der Waals surface area contributed by atoms with Crippen molar-refractivity contribution in [1.82, 2.24) is 0 Å². The maximum Gasteiger partial charge on any atom is 0.282 e. The van der Waals surface area contributed by atoms with Gasteiger partial charge in [-0.25, -0.2) is 0 Å². The average Bonchev–Trinajstić information content (AvgIpc) is 2.60. The van der Waals surface area contributed by atoms with Gasteiger partial charge in [0, 0.05) is 26.2 Å². The summed E-state index contributed by atoms with van der Waals surface area (Å²) in [5.74, 6) is -0.804. The third-order valence-electron chi connectivity index (χ3n) is 3.99. The molecule has 0 rings (SSSR count). The highest BCUT2D eigenvalue weighted by atomic mass is 16.9. The van der Waals surface area contributed by atoms with E-state index in [1.807, 2.05) is 20.8 Å². The zero-order valence-corrected chi connectivity index (χ0v) is 17.9. The topological polar surface area (TPSA) is 53.7 Å². The van der Waals surface area contributed by atoms with E-state index < -0.39 is 5.97 Å². The van der Waals surface area contributed by atoms with E-state index in [-0.39, 0.29) is 0 Å². The molecule has 0 aliphatic heterocycles.